The molecule has 2 aromatic rings. The minimum atomic E-state index is -3.74. The summed E-state index contributed by atoms with van der Waals surface area (Å²) in [6.07, 6.45) is 1.19. The highest BCUT2D eigenvalue weighted by molar-refractivity contribution is 7.89. The molecule has 1 unspecified atom stereocenters. The first-order chi connectivity index (χ1) is 11.9. The number of nitrogens with one attached hydrogen (secondary N) is 1. The molecule has 2 aromatic carbocycles. The smallest absolute Gasteiger partial charge is 0.245 e. The molecule has 0 aliphatic carbocycles. The third-order valence-electron chi connectivity index (χ3n) is 4.49. The molecule has 1 heterocycles. The van der Waals surface area contributed by atoms with Crippen molar-refractivity contribution < 1.29 is 13.2 Å². The number of carbonyl (C=O) groups is 1. The maximum atomic E-state index is 12.9. The average Bonchev–Trinajstić information content (AvgIpc) is 3.03. The molecule has 0 saturated heterocycles. The standard InChI is InChI=1S/C19H22N2O3S/c1-3-17(20-25(23,24)16-10-8-14(2)9-11-16)19(22)21-13-12-15-6-4-5-7-18(15)21/h4-11,17,20H,3,12-13H2,1-2H3. The Hall–Kier alpha value is -2.18. The molecule has 1 N–H and O–H groups in total. The van der Waals surface area contributed by atoms with Gasteiger partial charge in [0.05, 0.1) is 4.90 Å². The first kappa shape index (κ1) is 17.6. The second-order valence-corrected chi connectivity index (χ2v) is 7.98. The van der Waals surface area contributed by atoms with Gasteiger partial charge in [-0.15, -0.1) is 0 Å². The average molecular weight is 358 g/mol. The van der Waals surface area contributed by atoms with Gasteiger partial charge in [-0.25, -0.2) is 8.42 Å². The third-order valence-corrected chi connectivity index (χ3v) is 5.98. The van der Waals surface area contributed by atoms with Crippen molar-refractivity contribution in [3.8, 4) is 0 Å². The van der Waals surface area contributed by atoms with Gasteiger partial charge >= 0.3 is 0 Å². The molecule has 1 amide bonds. The summed E-state index contributed by atoms with van der Waals surface area (Å²) in [5.74, 6) is -0.205. The summed E-state index contributed by atoms with van der Waals surface area (Å²) >= 11 is 0. The van der Waals surface area contributed by atoms with Crippen LogP contribution >= 0.6 is 0 Å². The zero-order valence-corrected chi connectivity index (χ0v) is 15.2. The molecule has 0 spiro atoms. The van der Waals surface area contributed by atoms with E-state index in [0.717, 1.165) is 23.2 Å². The van der Waals surface area contributed by atoms with E-state index in [9.17, 15) is 13.2 Å². The Morgan fingerprint density at radius 2 is 1.84 bits per heavy atom. The molecule has 1 atom stereocenters. The quantitative estimate of drug-likeness (QED) is 0.893. The van der Waals surface area contributed by atoms with Crippen LogP contribution in [-0.2, 0) is 21.2 Å². The van der Waals surface area contributed by atoms with E-state index in [1.165, 1.54) is 0 Å². The number of aryl methyl sites for hydroxylation is 1. The Labute approximate surface area is 148 Å². The van der Waals surface area contributed by atoms with Gasteiger partial charge in [-0.3, -0.25) is 4.79 Å². The molecule has 5 nitrogen and oxygen atoms in total. The number of fused-ring (bicyclic) bond motifs is 1. The highest BCUT2D eigenvalue weighted by atomic mass is 32.2. The van der Waals surface area contributed by atoms with Crippen LogP contribution in [0.5, 0.6) is 0 Å². The molecule has 0 fully saturated rings. The van der Waals surface area contributed by atoms with Crippen LogP contribution in [0.4, 0.5) is 5.69 Å². The van der Waals surface area contributed by atoms with Crippen molar-refractivity contribution in [2.45, 2.75) is 37.6 Å². The van der Waals surface area contributed by atoms with E-state index in [1.807, 2.05) is 38.1 Å². The zero-order valence-electron chi connectivity index (χ0n) is 14.4. The maximum absolute atomic E-state index is 12.9. The molecular formula is C19H22N2O3S. The predicted molar refractivity (Wildman–Crippen MR) is 98.1 cm³/mol. The van der Waals surface area contributed by atoms with Crippen molar-refractivity contribution in [3.05, 3.63) is 59.7 Å². The highest BCUT2D eigenvalue weighted by Gasteiger charge is 2.31. The lowest BCUT2D eigenvalue weighted by molar-refractivity contribution is -0.120. The lowest BCUT2D eigenvalue weighted by atomic mass is 10.1. The van der Waals surface area contributed by atoms with Crippen LogP contribution < -0.4 is 9.62 Å². The van der Waals surface area contributed by atoms with Crippen LogP contribution in [0.2, 0.25) is 0 Å². The lowest BCUT2D eigenvalue weighted by Crippen LogP contribution is -2.47. The largest absolute Gasteiger partial charge is 0.310 e. The van der Waals surface area contributed by atoms with Crippen LogP contribution in [0.1, 0.15) is 24.5 Å². The fourth-order valence-electron chi connectivity index (χ4n) is 3.04. The molecule has 3 rings (SSSR count). The zero-order chi connectivity index (χ0) is 18.0. The van der Waals surface area contributed by atoms with Crippen molar-refractivity contribution >= 4 is 21.6 Å². The molecular weight excluding hydrogens is 336 g/mol. The van der Waals surface area contributed by atoms with Crippen molar-refractivity contribution in [2.75, 3.05) is 11.4 Å². The Kier molecular flexibility index (Phi) is 4.92. The molecule has 1 aliphatic rings. The minimum absolute atomic E-state index is 0.172. The monoisotopic (exact) mass is 358 g/mol. The fourth-order valence-corrected chi connectivity index (χ4v) is 4.31. The van der Waals surface area contributed by atoms with Gasteiger partial charge in [0.2, 0.25) is 15.9 Å². The van der Waals surface area contributed by atoms with Gasteiger partial charge in [0, 0.05) is 12.2 Å². The van der Waals surface area contributed by atoms with E-state index in [-0.39, 0.29) is 10.8 Å². The van der Waals surface area contributed by atoms with E-state index in [2.05, 4.69) is 4.72 Å². The predicted octanol–water partition coefficient (Wildman–Crippen LogP) is 2.64. The van der Waals surface area contributed by atoms with Gasteiger partial charge in [0.25, 0.3) is 0 Å². The molecule has 6 heteroatoms. The summed E-state index contributed by atoms with van der Waals surface area (Å²) in [4.78, 5) is 14.8. The molecule has 25 heavy (non-hydrogen) atoms. The second kappa shape index (κ2) is 6.98. The number of anilines is 1. The summed E-state index contributed by atoms with van der Waals surface area (Å²) < 4.78 is 27.8. The molecule has 1 aliphatic heterocycles. The Bertz CT molecular complexity index is 876. The van der Waals surface area contributed by atoms with Crippen LogP contribution in [0.3, 0.4) is 0 Å². The van der Waals surface area contributed by atoms with Gasteiger partial charge in [-0.1, -0.05) is 42.8 Å². The first-order valence-corrected chi connectivity index (χ1v) is 9.89. The SMILES string of the molecule is CCC(NS(=O)(=O)c1ccc(C)cc1)C(=O)N1CCc2ccccc21. The van der Waals surface area contributed by atoms with Gasteiger partial charge in [0.15, 0.2) is 0 Å². The van der Waals surface area contributed by atoms with Crippen LogP contribution in [-0.4, -0.2) is 26.9 Å². The minimum Gasteiger partial charge on any atom is -0.310 e. The Morgan fingerprint density at radius 3 is 2.52 bits per heavy atom. The number of amides is 1. The summed E-state index contributed by atoms with van der Waals surface area (Å²) in [5, 5.41) is 0. The first-order valence-electron chi connectivity index (χ1n) is 8.40. The van der Waals surface area contributed by atoms with E-state index in [4.69, 9.17) is 0 Å². The Morgan fingerprint density at radius 1 is 1.16 bits per heavy atom. The van der Waals surface area contributed by atoms with E-state index in [0.29, 0.717) is 13.0 Å². The second-order valence-electron chi connectivity index (χ2n) is 6.26. The number of hydrogen-bond acceptors (Lipinski definition) is 3. The van der Waals surface area contributed by atoms with Gasteiger partial charge in [-0.05, 0) is 43.5 Å². The normalized spacial score (nSPS) is 15.0. The number of nitrogens with zero attached hydrogens (tertiary/aromatic N) is 1. The number of sulfonamides is 1. The maximum Gasteiger partial charge on any atom is 0.245 e. The Balaban J connectivity index is 1.81. The third kappa shape index (κ3) is 3.60. The molecule has 0 saturated carbocycles. The summed E-state index contributed by atoms with van der Waals surface area (Å²) in [5.41, 5.74) is 2.98. The van der Waals surface area contributed by atoms with Crippen LogP contribution in [0, 0.1) is 6.92 Å². The number of para-hydroxylation sites is 1. The number of carbonyl (C=O) groups excluding carboxylic acids is 1. The van der Waals surface area contributed by atoms with Gasteiger partial charge in [0.1, 0.15) is 6.04 Å². The molecule has 0 radical (unpaired) electrons. The topological polar surface area (TPSA) is 66.5 Å². The van der Waals surface area contributed by atoms with Crippen molar-refractivity contribution in [1.82, 2.24) is 4.72 Å². The number of hydrogen-bond donors (Lipinski definition) is 1. The summed E-state index contributed by atoms with van der Waals surface area (Å²) in [6, 6.07) is 13.6. The van der Waals surface area contributed by atoms with Gasteiger partial charge in [-0.2, -0.15) is 4.72 Å². The van der Waals surface area contributed by atoms with Crippen LogP contribution in [0.25, 0.3) is 0 Å². The number of benzene rings is 2. The van der Waals surface area contributed by atoms with Crippen LogP contribution in [0.15, 0.2) is 53.4 Å². The van der Waals surface area contributed by atoms with Crippen molar-refractivity contribution in [3.63, 3.8) is 0 Å². The number of rotatable bonds is 5. The van der Waals surface area contributed by atoms with Crippen molar-refractivity contribution in [1.29, 1.82) is 0 Å². The fraction of sp³-hybridized carbons (Fsp3) is 0.316. The molecule has 0 aromatic heterocycles. The molecule has 132 valence electrons. The van der Waals surface area contributed by atoms with E-state index >= 15 is 0 Å². The lowest BCUT2D eigenvalue weighted by Gasteiger charge is -2.24. The van der Waals surface area contributed by atoms with E-state index < -0.39 is 16.1 Å². The van der Waals surface area contributed by atoms with Gasteiger partial charge < -0.3 is 4.90 Å². The summed E-state index contributed by atoms with van der Waals surface area (Å²) in [6.45, 7) is 4.29. The molecule has 0 bridgehead atoms. The van der Waals surface area contributed by atoms with Crippen molar-refractivity contribution in [2.24, 2.45) is 0 Å². The highest BCUT2D eigenvalue weighted by Crippen LogP contribution is 2.28. The van der Waals surface area contributed by atoms with E-state index in [1.54, 1.807) is 29.2 Å². The summed E-state index contributed by atoms with van der Waals surface area (Å²) in [7, 11) is -3.74.